The van der Waals surface area contributed by atoms with Crippen molar-refractivity contribution in [1.82, 2.24) is 0 Å². The second kappa shape index (κ2) is 9.16. The second-order valence-electron chi connectivity index (χ2n) is 10.8. The summed E-state index contributed by atoms with van der Waals surface area (Å²) in [7, 11) is -3.24. The van der Waals surface area contributed by atoms with Crippen LogP contribution in [-0.2, 0) is 9.98 Å². The predicted octanol–water partition coefficient (Wildman–Crippen LogP) is 7.95. The second-order valence-corrected chi connectivity index (χ2v) is 13.5. The van der Waals surface area contributed by atoms with E-state index in [0.717, 1.165) is 27.0 Å². The Hall–Kier alpha value is -4.71. The standard InChI is InChI=1S/C39H27OP/c40-41(30-20-8-3-9-21-30)35-26-14-11-23-32(35)37-31-22-10-13-25-34(31)39(28-16-4-1-5-17-28,29-18-6-2-7-19-29)38(37)33-24-12-15-27-36(33)41/h1-27H. The van der Waals surface area contributed by atoms with E-state index in [0.29, 0.717) is 0 Å². The van der Waals surface area contributed by atoms with Gasteiger partial charge in [0.05, 0.1) is 5.41 Å². The first-order chi connectivity index (χ1) is 20.3. The number of rotatable bonds is 3. The minimum atomic E-state index is -3.24. The lowest BCUT2D eigenvalue weighted by Gasteiger charge is -2.37. The first-order valence-corrected chi connectivity index (χ1v) is 15.8. The Balaban J connectivity index is 1.63. The molecule has 41 heavy (non-hydrogen) atoms. The molecule has 1 unspecified atom stereocenters. The van der Waals surface area contributed by atoms with Gasteiger partial charge in [0.25, 0.3) is 0 Å². The molecule has 6 aromatic rings. The Kier molecular flexibility index (Phi) is 5.39. The lowest BCUT2D eigenvalue weighted by Crippen LogP contribution is -2.32. The normalized spacial score (nSPS) is 18.0. The van der Waals surface area contributed by atoms with Gasteiger partial charge in [-0.05, 0) is 44.5 Å². The third kappa shape index (κ3) is 3.22. The summed E-state index contributed by atoms with van der Waals surface area (Å²) in [6, 6.07) is 57.3. The van der Waals surface area contributed by atoms with Gasteiger partial charge in [0, 0.05) is 15.9 Å². The van der Waals surface area contributed by atoms with Crippen LogP contribution in [0.4, 0.5) is 0 Å². The average Bonchev–Trinajstić information content (AvgIpc) is 3.32. The third-order valence-electron chi connectivity index (χ3n) is 8.78. The smallest absolute Gasteiger partial charge is 0.172 e. The molecular formula is C39H27OP. The van der Waals surface area contributed by atoms with Gasteiger partial charge in [0.15, 0.2) is 7.14 Å². The molecule has 1 atom stereocenters. The maximum absolute atomic E-state index is 15.9. The van der Waals surface area contributed by atoms with Crippen LogP contribution in [0.3, 0.4) is 0 Å². The van der Waals surface area contributed by atoms with E-state index >= 15 is 4.57 Å². The van der Waals surface area contributed by atoms with Crippen molar-refractivity contribution in [3.8, 4) is 0 Å². The molecule has 1 heterocycles. The van der Waals surface area contributed by atoms with E-state index in [1.807, 2.05) is 42.5 Å². The van der Waals surface area contributed by atoms with Crippen LogP contribution < -0.4 is 15.9 Å². The summed E-state index contributed by atoms with van der Waals surface area (Å²) in [6.45, 7) is 0. The summed E-state index contributed by atoms with van der Waals surface area (Å²) >= 11 is 0. The van der Waals surface area contributed by atoms with Crippen molar-refractivity contribution in [2.45, 2.75) is 5.41 Å². The largest absolute Gasteiger partial charge is 0.309 e. The van der Waals surface area contributed by atoms with Gasteiger partial charge in [-0.15, -0.1) is 0 Å². The van der Waals surface area contributed by atoms with Crippen molar-refractivity contribution in [1.29, 1.82) is 0 Å². The highest BCUT2D eigenvalue weighted by Crippen LogP contribution is 2.62. The quantitative estimate of drug-likeness (QED) is 0.208. The molecule has 0 bridgehead atoms. The summed E-state index contributed by atoms with van der Waals surface area (Å²) in [6.07, 6.45) is 0. The van der Waals surface area contributed by atoms with Gasteiger partial charge in [-0.25, -0.2) is 0 Å². The molecule has 0 fully saturated rings. The molecule has 1 aliphatic carbocycles. The van der Waals surface area contributed by atoms with Gasteiger partial charge in [-0.2, -0.15) is 0 Å². The Labute approximate surface area is 240 Å². The summed E-state index contributed by atoms with van der Waals surface area (Å²) in [4.78, 5) is 0. The average molecular weight is 543 g/mol. The van der Waals surface area contributed by atoms with Gasteiger partial charge < -0.3 is 4.57 Å². The Bertz CT molecular complexity index is 1970. The summed E-state index contributed by atoms with van der Waals surface area (Å²) in [5, 5.41) is 2.66. The van der Waals surface area contributed by atoms with Gasteiger partial charge in [0.1, 0.15) is 0 Å². The number of hydrogen-bond donors (Lipinski definition) is 0. The van der Waals surface area contributed by atoms with E-state index in [9.17, 15) is 0 Å². The lowest BCUT2D eigenvalue weighted by molar-refractivity contribution is 0.592. The fraction of sp³-hybridized carbons (Fsp3) is 0.0256. The van der Waals surface area contributed by atoms with Crippen LogP contribution >= 0.6 is 7.14 Å². The van der Waals surface area contributed by atoms with E-state index in [1.165, 1.54) is 33.4 Å². The molecule has 0 saturated heterocycles. The SMILES string of the molecule is O=P1(c2ccccc2)c2ccccc2C2=C(c3ccccc31)C(c1ccccc1)(c1ccccc1)c1ccccc12. The molecule has 6 aromatic carbocycles. The van der Waals surface area contributed by atoms with Crippen LogP contribution in [0.5, 0.6) is 0 Å². The van der Waals surface area contributed by atoms with Crippen LogP contribution in [-0.4, -0.2) is 0 Å². The zero-order chi connectivity index (χ0) is 27.4. The highest BCUT2D eigenvalue weighted by atomic mass is 31.2. The van der Waals surface area contributed by atoms with E-state index in [1.54, 1.807) is 0 Å². The van der Waals surface area contributed by atoms with Crippen molar-refractivity contribution < 1.29 is 4.57 Å². The fourth-order valence-corrected chi connectivity index (χ4v) is 10.3. The Morgan fingerprint density at radius 1 is 0.415 bits per heavy atom. The highest BCUT2D eigenvalue weighted by Gasteiger charge is 2.52. The molecule has 0 N–H and O–H groups in total. The van der Waals surface area contributed by atoms with E-state index in [-0.39, 0.29) is 0 Å². The molecule has 1 aliphatic heterocycles. The molecule has 0 spiro atoms. The molecule has 0 aromatic heterocycles. The number of allylic oxidation sites excluding steroid dienone is 1. The molecule has 194 valence electrons. The molecule has 0 radical (unpaired) electrons. The molecule has 8 rings (SSSR count). The summed E-state index contributed by atoms with van der Waals surface area (Å²) in [5.74, 6) is 0. The minimum absolute atomic E-state index is 0.594. The zero-order valence-corrected chi connectivity index (χ0v) is 23.3. The molecule has 0 saturated carbocycles. The van der Waals surface area contributed by atoms with Crippen molar-refractivity contribution in [2.24, 2.45) is 0 Å². The van der Waals surface area contributed by atoms with Crippen LogP contribution in [0, 0.1) is 0 Å². The molecule has 2 aliphatic rings. The third-order valence-corrected chi connectivity index (χ3v) is 11.9. The fourth-order valence-electron chi connectivity index (χ4n) is 7.21. The van der Waals surface area contributed by atoms with Crippen molar-refractivity contribution >= 4 is 34.2 Å². The first-order valence-electron chi connectivity index (χ1n) is 14.1. The maximum Gasteiger partial charge on any atom is 0.172 e. The number of benzene rings is 6. The predicted molar refractivity (Wildman–Crippen MR) is 171 cm³/mol. The van der Waals surface area contributed by atoms with E-state index < -0.39 is 12.6 Å². The van der Waals surface area contributed by atoms with Crippen LogP contribution in [0.2, 0.25) is 0 Å². The molecule has 2 heteroatoms. The topological polar surface area (TPSA) is 17.1 Å². The maximum atomic E-state index is 15.9. The number of fused-ring (bicyclic) bond motifs is 6. The van der Waals surface area contributed by atoms with E-state index in [2.05, 4.69) is 121 Å². The zero-order valence-electron chi connectivity index (χ0n) is 22.4. The van der Waals surface area contributed by atoms with Crippen molar-refractivity contribution in [2.75, 3.05) is 0 Å². The van der Waals surface area contributed by atoms with Gasteiger partial charge in [-0.3, -0.25) is 0 Å². The van der Waals surface area contributed by atoms with Gasteiger partial charge >= 0.3 is 0 Å². The van der Waals surface area contributed by atoms with Crippen LogP contribution in [0.1, 0.15) is 33.4 Å². The van der Waals surface area contributed by atoms with Crippen LogP contribution in [0.25, 0.3) is 11.1 Å². The van der Waals surface area contributed by atoms with Crippen molar-refractivity contribution in [3.63, 3.8) is 0 Å². The number of hydrogen-bond acceptors (Lipinski definition) is 1. The molecule has 0 amide bonds. The Morgan fingerprint density at radius 3 is 1.46 bits per heavy atom. The summed E-state index contributed by atoms with van der Waals surface area (Å²) in [5.41, 5.74) is 8.73. The highest BCUT2D eigenvalue weighted by molar-refractivity contribution is 7.85. The Morgan fingerprint density at radius 2 is 0.854 bits per heavy atom. The summed E-state index contributed by atoms with van der Waals surface area (Å²) < 4.78 is 15.9. The van der Waals surface area contributed by atoms with E-state index in [4.69, 9.17) is 0 Å². The first kappa shape index (κ1) is 24.1. The van der Waals surface area contributed by atoms with Crippen LogP contribution in [0.15, 0.2) is 164 Å². The lowest BCUT2D eigenvalue weighted by atomic mass is 9.65. The molecular weight excluding hydrogens is 515 g/mol. The van der Waals surface area contributed by atoms with Gasteiger partial charge in [-0.1, -0.05) is 164 Å². The van der Waals surface area contributed by atoms with Gasteiger partial charge in [0.2, 0.25) is 0 Å². The monoisotopic (exact) mass is 542 g/mol. The van der Waals surface area contributed by atoms with Crippen molar-refractivity contribution in [3.05, 3.63) is 197 Å². The minimum Gasteiger partial charge on any atom is -0.309 e. The molecule has 1 nitrogen and oxygen atoms in total.